The van der Waals surface area contributed by atoms with Gasteiger partial charge in [0.2, 0.25) is 0 Å². The van der Waals surface area contributed by atoms with E-state index in [9.17, 15) is 4.79 Å². The van der Waals surface area contributed by atoms with E-state index in [1.807, 2.05) is 32.2 Å². The highest BCUT2D eigenvalue weighted by molar-refractivity contribution is 6.05. The highest BCUT2D eigenvalue weighted by atomic mass is 16.5. The molecular weight excluding hydrogens is 304 g/mol. The summed E-state index contributed by atoms with van der Waals surface area (Å²) in [5, 5.41) is 6.75. The number of nitrogens with one attached hydrogen (secondary N) is 1. The molecule has 24 heavy (non-hydrogen) atoms. The molecule has 0 saturated carbocycles. The van der Waals surface area contributed by atoms with E-state index < -0.39 is 0 Å². The molecule has 1 aliphatic rings. The van der Waals surface area contributed by atoms with Crippen molar-refractivity contribution in [3.8, 4) is 0 Å². The van der Waals surface area contributed by atoms with Gasteiger partial charge in [0, 0.05) is 19.0 Å². The quantitative estimate of drug-likeness (QED) is 0.925. The maximum Gasteiger partial charge on any atom is 0.262 e. The number of carbonyl (C=O) groups is 1. The molecule has 0 aliphatic carbocycles. The number of anilines is 2. The molecule has 6 heteroatoms. The SMILES string of the molecule is Cc1noc(C(C)C)c1C(=O)Nc1ccc(N2CCCCC2)cn1. The van der Waals surface area contributed by atoms with E-state index in [0.29, 0.717) is 22.8 Å². The summed E-state index contributed by atoms with van der Waals surface area (Å²) in [5.41, 5.74) is 2.21. The lowest BCUT2D eigenvalue weighted by Gasteiger charge is -2.28. The minimum atomic E-state index is -0.226. The van der Waals surface area contributed by atoms with E-state index in [1.165, 1.54) is 19.3 Å². The maximum atomic E-state index is 12.5. The summed E-state index contributed by atoms with van der Waals surface area (Å²) >= 11 is 0. The van der Waals surface area contributed by atoms with E-state index in [4.69, 9.17) is 4.52 Å². The lowest BCUT2D eigenvalue weighted by Crippen LogP contribution is -2.29. The summed E-state index contributed by atoms with van der Waals surface area (Å²) in [6, 6.07) is 3.86. The molecule has 0 aromatic carbocycles. The van der Waals surface area contributed by atoms with Crippen molar-refractivity contribution in [2.24, 2.45) is 0 Å². The normalized spacial score (nSPS) is 14.9. The molecule has 1 aliphatic heterocycles. The van der Waals surface area contributed by atoms with Crippen molar-refractivity contribution >= 4 is 17.4 Å². The Bertz CT molecular complexity index is 700. The van der Waals surface area contributed by atoms with Crippen LogP contribution in [0.1, 0.15) is 60.8 Å². The number of aromatic nitrogens is 2. The molecular formula is C18H24N4O2. The van der Waals surface area contributed by atoms with E-state index >= 15 is 0 Å². The number of pyridine rings is 1. The first-order chi connectivity index (χ1) is 11.6. The van der Waals surface area contributed by atoms with Gasteiger partial charge in [-0.15, -0.1) is 0 Å². The van der Waals surface area contributed by atoms with Crippen LogP contribution in [0.25, 0.3) is 0 Å². The second-order valence-electron chi connectivity index (χ2n) is 6.57. The van der Waals surface area contributed by atoms with Gasteiger partial charge in [0.1, 0.15) is 11.4 Å². The molecule has 0 unspecified atom stereocenters. The second kappa shape index (κ2) is 7.03. The molecule has 3 rings (SSSR count). The van der Waals surface area contributed by atoms with Crippen molar-refractivity contribution in [1.82, 2.24) is 10.1 Å². The first-order valence-electron chi connectivity index (χ1n) is 8.55. The van der Waals surface area contributed by atoms with Gasteiger partial charge < -0.3 is 14.7 Å². The van der Waals surface area contributed by atoms with Crippen LogP contribution >= 0.6 is 0 Å². The van der Waals surface area contributed by atoms with Crippen LogP contribution in [0.4, 0.5) is 11.5 Å². The topological polar surface area (TPSA) is 71.3 Å². The van der Waals surface area contributed by atoms with Crippen molar-refractivity contribution in [3.63, 3.8) is 0 Å². The number of aryl methyl sites for hydroxylation is 1. The summed E-state index contributed by atoms with van der Waals surface area (Å²) in [6.45, 7) is 7.87. The van der Waals surface area contributed by atoms with Gasteiger partial charge in [-0.1, -0.05) is 19.0 Å². The van der Waals surface area contributed by atoms with Crippen molar-refractivity contribution < 1.29 is 9.32 Å². The fourth-order valence-corrected chi connectivity index (χ4v) is 3.04. The van der Waals surface area contributed by atoms with Gasteiger partial charge in [0.25, 0.3) is 5.91 Å². The fourth-order valence-electron chi connectivity index (χ4n) is 3.04. The van der Waals surface area contributed by atoms with Gasteiger partial charge in [-0.05, 0) is 38.3 Å². The Labute approximate surface area is 142 Å². The number of carbonyl (C=O) groups excluding carboxylic acids is 1. The molecule has 2 aromatic rings. The van der Waals surface area contributed by atoms with Crippen LogP contribution in [0.2, 0.25) is 0 Å². The zero-order valence-electron chi connectivity index (χ0n) is 14.5. The molecule has 1 amide bonds. The summed E-state index contributed by atoms with van der Waals surface area (Å²) < 4.78 is 5.28. The number of hydrogen-bond acceptors (Lipinski definition) is 5. The third-order valence-corrected chi connectivity index (χ3v) is 4.35. The molecule has 1 fully saturated rings. The molecule has 0 atom stereocenters. The Morgan fingerprint density at radius 2 is 2.00 bits per heavy atom. The largest absolute Gasteiger partial charge is 0.370 e. The lowest BCUT2D eigenvalue weighted by atomic mass is 10.0. The lowest BCUT2D eigenvalue weighted by molar-refractivity contribution is 0.102. The van der Waals surface area contributed by atoms with E-state index in [-0.39, 0.29) is 11.8 Å². The number of piperidine rings is 1. The number of rotatable bonds is 4. The van der Waals surface area contributed by atoms with Crippen molar-refractivity contribution in [2.75, 3.05) is 23.3 Å². The maximum absolute atomic E-state index is 12.5. The van der Waals surface area contributed by atoms with Gasteiger partial charge in [-0.3, -0.25) is 4.79 Å². The average Bonchev–Trinajstić information content (AvgIpc) is 2.98. The monoisotopic (exact) mass is 328 g/mol. The fraction of sp³-hybridized carbons (Fsp3) is 0.500. The average molecular weight is 328 g/mol. The molecule has 0 radical (unpaired) electrons. The summed E-state index contributed by atoms with van der Waals surface area (Å²) in [4.78, 5) is 19.3. The minimum Gasteiger partial charge on any atom is -0.370 e. The summed E-state index contributed by atoms with van der Waals surface area (Å²) in [5.74, 6) is 1.02. The van der Waals surface area contributed by atoms with Crippen LogP contribution in [0.15, 0.2) is 22.9 Å². The van der Waals surface area contributed by atoms with Gasteiger partial charge in [-0.2, -0.15) is 0 Å². The van der Waals surface area contributed by atoms with E-state index in [0.717, 1.165) is 18.8 Å². The predicted octanol–water partition coefficient (Wildman–Crippen LogP) is 3.74. The number of amides is 1. The zero-order chi connectivity index (χ0) is 17.1. The molecule has 0 spiro atoms. The highest BCUT2D eigenvalue weighted by Gasteiger charge is 2.23. The second-order valence-corrected chi connectivity index (χ2v) is 6.57. The van der Waals surface area contributed by atoms with Crippen LogP contribution in [0.3, 0.4) is 0 Å². The zero-order valence-corrected chi connectivity index (χ0v) is 14.5. The minimum absolute atomic E-state index is 0.0985. The molecule has 128 valence electrons. The number of hydrogen-bond donors (Lipinski definition) is 1. The molecule has 1 saturated heterocycles. The molecule has 3 heterocycles. The molecule has 6 nitrogen and oxygen atoms in total. The Balaban J connectivity index is 1.72. The third kappa shape index (κ3) is 3.42. The number of nitrogens with zero attached hydrogens (tertiary/aromatic N) is 3. The highest BCUT2D eigenvalue weighted by Crippen LogP contribution is 2.24. The molecule has 2 aromatic heterocycles. The van der Waals surface area contributed by atoms with Crippen molar-refractivity contribution in [1.29, 1.82) is 0 Å². The van der Waals surface area contributed by atoms with Gasteiger partial charge in [-0.25, -0.2) is 4.98 Å². The summed E-state index contributed by atoms with van der Waals surface area (Å²) in [6.07, 6.45) is 5.57. The van der Waals surface area contributed by atoms with Crippen molar-refractivity contribution in [3.05, 3.63) is 35.3 Å². The predicted molar refractivity (Wildman–Crippen MR) is 93.6 cm³/mol. The van der Waals surface area contributed by atoms with Gasteiger partial charge >= 0.3 is 0 Å². The first kappa shape index (κ1) is 16.5. The van der Waals surface area contributed by atoms with Crippen LogP contribution in [-0.4, -0.2) is 29.1 Å². The van der Waals surface area contributed by atoms with Crippen LogP contribution in [0.5, 0.6) is 0 Å². The first-order valence-corrected chi connectivity index (χ1v) is 8.55. The van der Waals surface area contributed by atoms with Crippen molar-refractivity contribution in [2.45, 2.75) is 46.0 Å². The van der Waals surface area contributed by atoms with E-state index in [1.54, 1.807) is 6.92 Å². The van der Waals surface area contributed by atoms with E-state index in [2.05, 4.69) is 20.4 Å². The van der Waals surface area contributed by atoms with Crippen LogP contribution < -0.4 is 10.2 Å². The molecule has 1 N–H and O–H groups in total. The smallest absolute Gasteiger partial charge is 0.262 e. The van der Waals surface area contributed by atoms with Crippen LogP contribution in [0, 0.1) is 6.92 Å². The summed E-state index contributed by atoms with van der Waals surface area (Å²) in [7, 11) is 0. The van der Waals surface area contributed by atoms with Gasteiger partial charge in [0.05, 0.1) is 17.6 Å². The Morgan fingerprint density at radius 1 is 1.25 bits per heavy atom. The van der Waals surface area contributed by atoms with Gasteiger partial charge in [0.15, 0.2) is 5.76 Å². The van der Waals surface area contributed by atoms with Crippen LogP contribution in [-0.2, 0) is 0 Å². The molecule has 0 bridgehead atoms. The third-order valence-electron chi connectivity index (χ3n) is 4.35. The Hall–Kier alpha value is -2.37. The Kier molecular flexibility index (Phi) is 4.83. The Morgan fingerprint density at radius 3 is 2.62 bits per heavy atom. The standard InChI is InChI=1S/C18H24N4O2/c1-12(2)17-16(13(3)21-24-17)18(23)20-15-8-7-14(11-19-15)22-9-5-4-6-10-22/h7-8,11-12H,4-6,9-10H2,1-3H3,(H,19,20,23).